The van der Waals surface area contributed by atoms with Crippen molar-refractivity contribution in [3.05, 3.63) is 107 Å². The zero-order chi connectivity index (χ0) is 17.3. The molecule has 0 atom stereocenters. The normalized spacial score (nSPS) is 10.3. The second-order valence-corrected chi connectivity index (χ2v) is 5.82. The third-order valence-electron chi connectivity index (χ3n) is 3.50. The molecule has 0 bridgehead atoms. The predicted molar refractivity (Wildman–Crippen MR) is 105 cm³/mol. The van der Waals surface area contributed by atoms with E-state index in [9.17, 15) is 0 Å². The molecule has 0 fully saturated rings. The average molecular weight is 345 g/mol. The van der Waals surface area contributed by atoms with E-state index in [1.54, 1.807) is 0 Å². The highest BCUT2D eigenvalue weighted by Gasteiger charge is 2.02. The van der Waals surface area contributed by atoms with Gasteiger partial charge in [0.25, 0.3) is 0 Å². The molecule has 0 spiro atoms. The van der Waals surface area contributed by atoms with Gasteiger partial charge in [0.05, 0.1) is 5.56 Å². The summed E-state index contributed by atoms with van der Waals surface area (Å²) in [5.74, 6) is 7.01. The van der Waals surface area contributed by atoms with Crippen LogP contribution in [-0.2, 0) is 0 Å². The van der Waals surface area contributed by atoms with Crippen LogP contribution in [0.15, 0.2) is 84.9 Å². The molecule has 0 unspecified atom stereocenters. The molecular formula is C23H17ClO. The summed E-state index contributed by atoms with van der Waals surface area (Å²) in [6, 6.07) is 25.5. The molecule has 2 heteroatoms. The zero-order valence-electron chi connectivity index (χ0n) is 13.7. The van der Waals surface area contributed by atoms with E-state index >= 15 is 0 Å². The van der Waals surface area contributed by atoms with Crippen molar-refractivity contribution >= 4 is 17.7 Å². The van der Waals surface area contributed by atoms with Gasteiger partial charge in [-0.2, -0.15) is 0 Å². The first-order chi connectivity index (χ1) is 12.3. The summed E-state index contributed by atoms with van der Waals surface area (Å²) in [6.45, 7) is 0.469. The van der Waals surface area contributed by atoms with Gasteiger partial charge in [0, 0.05) is 10.6 Å². The minimum Gasteiger partial charge on any atom is -0.488 e. The van der Waals surface area contributed by atoms with Gasteiger partial charge in [-0.3, -0.25) is 0 Å². The molecule has 3 aromatic rings. The van der Waals surface area contributed by atoms with E-state index in [0.717, 1.165) is 22.4 Å². The molecule has 0 aliphatic carbocycles. The molecule has 0 heterocycles. The molecule has 3 rings (SSSR count). The van der Waals surface area contributed by atoms with Crippen molar-refractivity contribution in [2.45, 2.75) is 0 Å². The van der Waals surface area contributed by atoms with Crippen LogP contribution < -0.4 is 4.74 Å². The van der Waals surface area contributed by atoms with Crippen molar-refractivity contribution in [1.82, 2.24) is 0 Å². The number of benzene rings is 3. The van der Waals surface area contributed by atoms with Gasteiger partial charge in [0.15, 0.2) is 0 Å². The molecule has 122 valence electrons. The Hall–Kier alpha value is -2.95. The molecule has 0 saturated heterocycles. The molecule has 0 aromatic heterocycles. The third kappa shape index (κ3) is 5.28. The minimum absolute atomic E-state index is 0.469. The summed E-state index contributed by atoms with van der Waals surface area (Å²) < 4.78 is 5.85. The maximum Gasteiger partial charge on any atom is 0.135 e. The molecule has 25 heavy (non-hydrogen) atoms. The maximum atomic E-state index is 6.10. The Morgan fingerprint density at radius 2 is 1.56 bits per heavy atom. The monoisotopic (exact) mass is 344 g/mol. The highest BCUT2D eigenvalue weighted by atomic mass is 35.5. The largest absolute Gasteiger partial charge is 0.488 e. The van der Waals surface area contributed by atoms with Crippen molar-refractivity contribution in [3.63, 3.8) is 0 Å². The SMILES string of the molecule is Clc1ccc(OC/C=C/c2ccccc2)c(C#Cc2ccccc2)c1. The molecule has 1 nitrogen and oxygen atoms in total. The van der Waals surface area contributed by atoms with Gasteiger partial charge in [-0.05, 0) is 42.0 Å². The standard InChI is InChI=1S/C23H17ClO/c24-22-15-16-23(25-17-7-12-19-8-3-1-4-9-19)21(18-22)14-13-20-10-5-2-6-11-20/h1-12,15-16,18H,17H2/b12-7+. The smallest absolute Gasteiger partial charge is 0.135 e. The van der Waals surface area contributed by atoms with Crippen LogP contribution in [0.1, 0.15) is 16.7 Å². The fourth-order valence-corrected chi connectivity index (χ4v) is 2.45. The maximum absolute atomic E-state index is 6.10. The van der Waals surface area contributed by atoms with E-state index < -0.39 is 0 Å². The van der Waals surface area contributed by atoms with Gasteiger partial charge >= 0.3 is 0 Å². The van der Waals surface area contributed by atoms with E-state index in [0.29, 0.717) is 11.6 Å². The quantitative estimate of drug-likeness (QED) is 0.541. The summed E-state index contributed by atoms with van der Waals surface area (Å²) in [5.41, 5.74) is 2.88. The van der Waals surface area contributed by atoms with Gasteiger partial charge in [-0.15, -0.1) is 0 Å². The number of hydrogen-bond donors (Lipinski definition) is 0. The summed E-state index contributed by atoms with van der Waals surface area (Å²) in [4.78, 5) is 0. The molecule has 0 amide bonds. The first-order valence-corrected chi connectivity index (χ1v) is 8.40. The number of ether oxygens (including phenoxy) is 1. The molecule has 3 aromatic carbocycles. The lowest BCUT2D eigenvalue weighted by molar-refractivity contribution is 0.362. The molecule has 0 N–H and O–H groups in total. The number of rotatable bonds is 4. The van der Waals surface area contributed by atoms with Crippen molar-refractivity contribution in [2.75, 3.05) is 6.61 Å². The van der Waals surface area contributed by atoms with E-state index in [-0.39, 0.29) is 0 Å². The molecule has 0 aliphatic heterocycles. The van der Waals surface area contributed by atoms with Crippen molar-refractivity contribution in [1.29, 1.82) is 0 Å². The van der Waals surface area contributed by atoms with Crippen LogP contribution in [0.5, 0.6) is 5.75 Å². The van der Waals surface area contributed by atoms with E-state index in [1.165, 1.54) is 0 Å². The van der Waals surface area contributed by atoms with E-state index in [1.807, 2.05) is 78.9 Å². The predicted octanol–water partition coefficient (Wildman–Crippen LogP) is 5.83. The van der Waals surface area contributed by atoms with Crippen LogP contribution >= 0.6 is 11.6 Å². The van der Waals surface area contributed by atoms with Crippen LogP contribution in [0.3, 0.4) is 0 Å². The molecule has 0 saturated carbocycles. The van der Waals surface area contributed by atoms with Crippen molar-refractivity contribution in [3.8, 4) is 17.6 Å². The lowest BCUT2D eigenvalue weighted by Gasteiger charge is -2.06. The average Bonchev–Trinajstić information content (AvgIpc) is 2.66. The first-order valence-electron chi connectivity index (χ1n) is 8.02. The Balaban J connectivity index is 1.71. The van der Waals surface area contributed by atoms with E-state index in [4.69, 9.17) is 16.3 Å². The van der Waals surface area contributed by atoms with Crippen molar-refractivity contribution < 1.29 is 4.74 Å². The second kappa shape index (κ2) is 8.78. The Labute approximate surface area is 153 Å². The lowest BCUT2D eigenvalue weighted by Crippen LogP contribution is -1.96. The fourth-order valence-electron chi connectivity index (χ4n) is 2.27. The molecule has 0 aliphatic rings. The topological polar surface area (TPSA) is 9.23 Å². The van der Waals surface area contributed by atoms with Crippen molar-refractivity contribution in [2.24, 2.45) is 0 Å². The van der Waals surface area contributed by atoms with Gasteiger partial charge < -0.3 is 4.74 Å². The number of halogens is 1. The van der Waals surface area contributed by atoms with Gasteiger partial charge in [0.2, 0.25) is 0 Å². The first kappa shape index (κ1) is 16.9. The Kier molecular flexibility index (Phi) is 5.93. The fraction of sp³-hybridized carbons (Fsp3) is 0.0435. The highest BCUT2D eigenvalue weighted by molar-refractivity contribution is 6.30. The van der Waals surface area contributed by atoms with Crippen LogP contribution in [0.4, 0.5) is 0 Å². The Bertz CT molecular complexity index is 903. The minimum atomic E-state index is 0.469. The third-order valence-corrected chi connectivity index (χ3v) is 3.74. The zero-order valence-corrected chi connectivity index (χ0v) is 14.4. The van der Waals surface area contributed by atoms with E-state index in [2.05, 4.69) is 24.0 Å². The van der Waals surface area contributed by atoms with Crippen LogP contribution in [0.25, 0.3) is 6.08 Å². The van der Waals surface area contributed by atoms with Crippen LogP contribution in [-0.4, -0.2) is 6.61 Å². The summed E-state index contributed by atoms with van der Waals surface area (Å²) >= 11 is 6.10. The Morgan fingerprint density at radius 3 is 2.32 bits per heavy atom. The van der Waals surface area contributed by atoms with Crippen LogP contribution in [0, 0.1) is 11.8 Å². The second-order valence-electron chi connectivity index (χ2n) is 5.38. The summed E-state index contributed by atoms with van der Waals surface area (Å²) in [5, 5.41) is 0.643. The summed E-state index contributed by atoms with van der Waals surface area (Å²) in [6.07, 6.45) is 4.02. The van der Waals surface area contributed by atoms with Gasteiger partial charge in [-0.1, -0.05) is 78.0 Å². The lowest BCUT2D eigenvalue weighted by atomic mass is 10.1. The molecule has 0 radical (unpaired) electrons. The highest BCUT2D eigenvalue weighted by Crippen LogP contribution is 2.22. The van der Waals surface area contributed by atoms with Gasteiger partial charge in [-0.25, -0.2) is 0 Å². The van der Waals surface area contributed by atoms with Crippen LogP contribution in [0.2, 0.25) is 5.02 Å². The summed E-state index contributed by atoms with van der Waals surface area (Å²) in [7, 11) is 0. The van der Waals surface area contributed by atoms with Gasteiger partial charge in [0.1, 0.15) is 12.4 Å². The Morgan fingerprint density at radius 1 is 0.840 bits per heavy atom. The number of hydrogen-bond acceptors (Lipinski definition) is 1. The molecular weight excluding hydrogens is 328 g/mol.